The molecule has 2 aliphatic rings. The van der Waals surface area contributed by atoms with Crippen LogP contribution in [0.5, 0.6) is 5.75 Å². The normalized spacial score (nSPS) is 22.1. The van der Waals surface area contributed by atoms with Crippen molar-refractivity contribution < 1.29 is 19.1 Å². The SMILES string of the molecule is COc1ccc(C(=O)NC2C(=O)NC(SCC(=O)N3CCc4ccccc43)NC2N)cc1. The standard InChI is InChI=1S/C22H25N5O4S/c1-31-15-8-6-14(7-9-15)20(29)24-18-19(23)25-22(26-21(18)30)32-12-17(28)27-11-10-13-4-2-3-5-16(13)27/h2-9,18-19,22,25H,10-12,23H2,1H3,(H,24,29)(H,26,30). The molecule has 0 saturated carbocycles. The first kappa shape index (κ1) is 22.1. The molecular formula is C22H25N5O4S. The molecule has 3 amide bonds. The molecule has 5 N–H and O–H groups in total. The second-order valence-electron chi connectivity index (χ2n) is 7.50. The average Bonchev–Trinajstić information content (AvgIpc) is 3.24. The van der Waals surface area contributed by atoms with E-state index >= 15 is 0 Å². The lowest BCUT2D eigenvalue weighted by Crippen LogP contribution is -2.70. The van der Waals surface area contributed by atoms with Crippen LogP contribution in [0.1, 0.15) is 15.9 Å². The van der Waals surface area contributed by atoms with Crippen LogP contribution in [0.25, 0.3) is 0 Å². The van der Waals surface area contributed by atoms with Crippen molar-refractivity contribution in [3.8, 4) is 5.75 Å². The lowest BCUT2D eigenvalue weighted by atomic mass is 10.1. The summed E-state index contributed by atoms with van der Waals surface area (Å²) in [5, 5.41) is 8.45. The van der Waals surface area contributed by atoms with Gasteiger partial charge in [-0.05, 0) is 42.3 Å². The number of nitrogens with two attached hydrogens (primary N) is 1. The molecule has 0 aliphatic carbocycles. The molecule has 0 spiro atoms. The molecule has 0 bridgehead atoms. The van der Waals surface area contributed by atoms with Crippen molar-refractivity contribution in [1.29, 1.82) is 0 Å². The Morgan fingerprint density at radius 3 is 2.69 bits per heavy atom. The number of amides is 3. The smallest absolute Gasteiger partial charge is 0.252 e. The number of methoxy groups -OCH3 is 1. The highest BCUT2D eigenvalue weighted by atomic mass is 32.2. The van der Waals surface area contributed by atoms with Crippen LogP contribution in [0.4, 0.5) is 5.69 Å². The molecular weight excluding hydrogens is 430 g/mol. The van der Waals surface area contributed by atoms with Gasteiger partial charge in [-0.15, -0.1) is 11.8 Å². The van der Waals surface area contributed by atoms with Crippen LogP contribution in [-0.2, 0) is 16.0 Å². The zero-order chi connectivity index (χ0) is 22.7. The van der Waals surface area contributed by atoms with E-state index in [0.29, 0.717) is 17.9 Å². The van der Waals surface area contributed by atoms with E-state index in [1.165, 1.54) is 18.9 Å². The summed E-state index contributed by atoms with van der Waals surface area (Å²) < 4.78 is 5.08. The van der Waals surface area contributed by atoms with Crippen LogP contribution in [-0.4, -0.2) is 54.8 Å². The molecule has 2 aromatic carbocycles. The van der Waals surface area contributed by atoms with Gasteiger partial charge in [0.2, 0.25) is 11.8 Å². The average molecular weight is 456 g/mol. The molecule has 2 aromatic rings. The topological polar surface area (TPSA) is 126 Å². The Kier molecular flexibility index (Phi) is 6.63. The second-order valence-corrected chi connectivity index (χ2v) is 8.59. The van der Waals surface area contributed by atoms with Gasteiger partial charge >= 0.3 is 0 Å². The minimum absolute atomic E-state index is 0.0282. The van der Waals surface area contributed by atoms with Gasteiger partial charge in [-0.25, -0.2) is 0 Å². The monoisotopic (exact) mass is 455 g/mol. The number of benzene rings is 2. The number of para-hydroxylation sites is 1. The molecule has 2 aliphatic heterocycles. The lowest BCUT2D eigenvalue weighted by Gasteiger charge is -2.35. The van der Waals surface area contributed by atoms with Crippen LogP contribution >= 0.6 is 11.8 Å². The summed E-state index contributed by atoms with van der Waals surface area (Å²) >= 11 is 1.26. The molecule has 3 atom stereocenters. The highest BCUT2D eigenvalue weighted by molar-refractivity contribution is 8.00. The highest BCUT2D eigenvalue weighted by Crippen LogP contribution is 2.28. The minimum atomic E-state index is -0.942. The number of carbonyl (C=O) groups excluding carboxylic acids is 3. The molecule has 9 nitrogen and oxygen atoms in total. The Morgan fingerprint density at radius 1 is 1.22 bits per heavy atom. The maximum absolute atomic E-state index is 12.7. The lowest BCUT2D eigenvalue weighted by molar-refractivity contribution is -0.125. The van der Waals surface area contributed by atoms with Crippen molar-refractivity contribution in [3.63, 3.8) is 0 Å². The molecule has 3 unspecified atom stereocenters. The van der Waals surface area contributed by atoms with E-state index in [1.54, 1.807) is 29.2 Å². The third-order valence-corrected chi connectivity index (χ3v) is 6.46. The van der Waals surface area contributed by atoms with Crippen molar-refractivity contribution in [1.82, 2.24) is 16.0 Å². The summed E-state index contributed by atoms with van der Waals surface area (Å²) in [5.74, 6) is -0.0442. The van der Waals surface area contributed by atoms with Gasteiger partial charge in [0, 0.05) is 17.8 Å². The van der Waals surface area contributed by atoms with Crippen molar-refractivity contribution in [2.75, 3.05) is 24.3 Å². The summed E-state index contributed by atoms with van der Waals surface area (Å²) in [6.07, 6.45) is 0.0388. The van der Waals surface area contributed by atoms with E-state index in [0.717, 1.165) is 17.7 Å². The van der Waals surface area contributed by atoms with Crippen LogP contribution in [0.15, 0.2) is 48.5 Å². The van der Waals surface area contributed by atoms with Crippen LogP contribution in [0.2, 0.25) is 0 Å². The van der Waals surface area contributed by atoms with E-state index in [9.17, 15) is 14.4 Å². The van der Waals surface area contributed by atoms with E-state index < -0.39 is 29.5 Å². The van der Waals surface area contributed by atoms with Gasteiger partial charge in [-0.1, -0.05) is 18.2 Å². The fourth-order valence-corrected chi connectivity index (χ4v) is 4.65. The number of fused-ring (bicyclic) bond motifs is 1. The predicted octanol–water partition coefficient (Wildman–Crippen LogP) is 0.404. The van der Waals surface area contributed by atoms with Crippen molar-refractivity contribution in [2.24, 2.45) is 5.73 Å². The van der Waals surface area contributed by atoms with E-state index in [2.05, 4.69) is 16.0 Å². The van der Waals surface area contributed by atoms with Gasteiger partial charge in [-0.3, -0.25) is 19.7 Å². The maximum Gasteiger partial charge on any atom is 0.252 e. The minimum Gasteiger partial charge on any atom is -0.497 e. The number of nitrogens with zero attached hydrogens (tertiary/aromatic N) is 1. The van der Waals surface area contributed by atoms with Crippen LogP contribution < -0.4 is 31.3 Å². The fraction of sp³-hybridized carbons (Fsp3) is 0.318. The van der Waals surface area contributed by atoms with Crippen molar-refractivity contribution in [2.45, 2.75) is 24.1 Å². The van der Waals surface area contributed by atoms with Gasteiger partial charge < -0.3 is 26.0 Å². The Bertz CT molecular complexity index is 1020. The van der Waals surface area contributed by atoms with Crippen LogP contribution in [0, 0.1) is 0 Å². The molecule has 32 heavy (non-hydrogen) atoms. The Labute approximate surface area is 190 Å². The quantitative estimate of drug-likeness (QED) is 0.497. The Hall–Kier alpha value is -3.08. The number of ether oxygens (including phenoxy) is 1. The highest BCUT2D eigenvalue weighted by Gasteiger charge is 2.36. The number of thioether (sulfide) groups is 1. The molecule has 0 aromatic heterocycles. The number of nitrogens with one attached hydrogen (secondary N) is 3. The first-order valence-corrected chi connectivity index (χ1v) is 11.3. The van der Waals surface area contributed by atoms with E-state index in [-0.39, 0.29) is 11.7 Å². The summed E-state index contributed by atoms with van der Waals surface area (Å²) in [4.78, 5) is 39.5. The second kappa shape index (κ2) is 9.60. The summed E-state index contributed by atoms with van der Waals surface area (Å²) in [7, 11) is 1.54. The zero-order valence-electron chi connectivity index (χ0n) is 17.5. The molecule has 2 heterocycles. The largest absolute Gasteiger partial charge is 0.497 e. The number of rotatable bonds is 6. The molecule has 1 saturated heterocycles. The van der Waals surface area contributed by atoms with E-state index in [4.69, 9.17) is 10.5 Å². The number of anilines is 1. The van der Waals surface area contributed by atoms with Gasteiger partial charge in [0.1, 0.15) is 17.3 Å². The van der Waals surface area contributed by atoms with Crippen LogP contribution in [0.3, 0.4) is 0 Å². The number of hydrogen-bond donors (Lipinski definition) is 4. The number of carbonyl (C=O) groups is 3. The summed E-state index contributed by atoms with van der Waals surface area (Å²) in [5.41, 5.74) is 8.06. The Morgan fingerprint density at radius 2 is 1.97 bits per heavy atom. The fourth-order valence-electron chi connectivity index (χ4n) is 3.74. The predicted molar refractivity (Wildman–Crippen MR) is 122 cm³/mol. The molecule has 1 fully saturated rings. The van der Waals surface area contributed by atoms with Gasteiger partial charge in [0.15, 0.2) is 0 Å². The third-order valence-electron chi connectivity index (χ3n) is 5.46. The first-order chi connectivity index (χ1) is 15.5. The van der Waals surface area contributed by atoms with Crippen molar-refractivity contribution >= 4 is 35.2 Å². The van der Waals surface area contributed by atoms with Gasteiger partial charge in [0.25, 0.3) is 5.91 Å². The molecule has 4 rings (SSSR count). The maximum atomic E-state index is 12.7. The molecule has 0 radical (unpaired) electrons. The summed E-state index contributed by atoms with van der Waals surface area (Å²) in [6, 6.07) is 13.4. The molecule has 10 heteroatoms. The first-order valence-electron chi connectivity index (χ1n) is 10.2. The molecule has 168 valence electrons. The van der Waals surface area contributed by atoms with Crippen molar-refractivity contribution in [3.05, 3.63) is 59.7 Å². The number of hydrogen-bond acceptors (Lipinski definition) is 7. The summed E-state index contributed by atoms with van der Waals surface area (Å²) in [6.45, 7) is 0.655. The van der Waals surface area contributed by atoms with Gasteiger partial charge in [-0.2, -0.15) is 0 Å². The third kappa shape index (κ3) is 4.72. The van der Waals surface area contributed by atoms with Gasteiger partial charge in [0.05, 0.1) is 19.0 Å². The zero-order valence-corrected chi connectivity index (χ0v) is 18.4. The Balaban J connectivity index is 1.29. The van der Waals surface area contributed by atoms with E-state index in [1.807, 2.05) is 24.3 Å².